The van der Waals surface area contributed by atoms with Gasteiger partial charge in [-0.1, -0.05) is 0 Å². The largest absolute Gasteiger partial charge is 0.382 e. The number of rotatable bonds is 5. The lowest BCUT2D eigenvalue weighted by Gasteiger charge is -2.09. The topological polar surface area (TPSA) is 48.3 Å². The fraction of sp³-hybridized carbons (Fsp3) is 0.769. The van der Waals surface area contributed by atoms with Crippen LogP contribution in [-0.2, 0) is 16.0 Å². The molecule has 2 atom stereocenters. The maximum atomic E-state index is 5.61. The average Bonchev–Trinajstić information content (AvgIpc) is 3.09. The minimum Gasteiger partial charge on any atom is -0.382 e. The zero-order valence-corrected chi connectivity index (χ0v) is 10.7. The third-order valence-corrected chi connectivity index (χ3v) is 3.67. The lowest BCUT2D eigenvalue weighted by molar-refractivity contribution is 0.0940. The summed E-state index contributed by atoms with van der Waals surface area (Å²) < 4.78 is 12.9. The van der Waals surface area contributed by atoms with Crippen molar-refractivity contribution < 1.29 is 9.47 Å². The smallest absolute Gasteiger partial charge is 0.0771 e. The first-order valence-corrected chi connectivity index (χ1v) is 6.86. The van der Waals surface area contributed by atoms with Gasteiger partial charge >= 0.3 is 0 Å². The lowest BCUT2D eigenvalue weighted by Crippen LogP contribution is -2.15. The van der Waals surface area contributed by atoms with Crippen LogP contribution in [0, 0.1) is 5.92 Å². The van der Waals surface area contributed by atoms with Crippen molar-refractivity contribution in [3.05, 3.63) is 12.4 Å². The number of aromatic nitrogens is 2. The van der Waals surface area contributed by atoms with E-state index in [0.717, 1.165) is 51.4 Å². The van der Waals surface area contributed by atoms with Gasteiger partial charge in [0.2, 0.25) is 0 Å². The van der Waals surface area contributed by atoms with E-state index in [2.05, 4.69) is 16.6 Å². The zero-order chi connectivity index (χ0) is 12.2. The molecular formula is C13H21N3O2. The van der Waals surface area contributed by atoms with Crippen molar-refractivity contribution in [2.24, 2.45) is 5.92 Å². The minimum atomic E-state index is 0.348. The highest BCUT2D eigenvalue weighted by Gasteiger charge is 2.17. The molecule has 0 saturated carbocycles. The van der Waals surface area contributed by atoms with Crippen LogP contribution >= 0.6 is 0 Å². The Kier molecular flexibility index (Phi) is 3.81. The number of nitrogens with zero attached hydrogens (tertiary/aromatic N) is 2. The molecule has 2 aliphatic heterocycles. The van der Waals surface area contributed by atoms with E-state index in [1.165, 1.54) is 6.42 Å². The van der Waals surface area contributed by atoms with E-state index in [-0.39, 0.29) is 0 Å². The fourth-order valence-corrected chi connectivity index (χ4v) is 2.56. The molecule has 2 fully saturated rings. The van der Waals surface area contributed by atoms with Crippen molar-refractivity contribution in [2.45, 2.75) is 31.9 Å². The Morgan fingerprint density at radius 1 is 1.39 bits per heavy atom. The molecule has 1 N–H and O–H groups in total. The van der Waals surface area contributed by atoms with Crippen LogP contribution in [-0.4, -0.2) is 42.2 Å². The number of hydrogen-bond acceptors (Lipinski definition) is 4. The monoisotopic (exact) mass is 251 g/mol. The van der Waals surface area contributed by atoms with Crippen molar-refractivity contribution in [1.29, 1.82) is 0 Å². The molecule has 0 radical (unpaired) electrons. The Labute approximate surface area is 107 Å². The predicted molar refractivity (Wildman–Crippen MR) is 68.6 cm³/mol. The van der Waals surface area contributed by atoms with Gasteiger partial charge in [0, 0.05) is 31.9 Å². The summed E-state index contributed by atoms with van der Waals surface area (Å²) in [4.78, 5) is 0. The van der Waals surface area contributed by atoms with E-state index < -0.39 is 0 Å². The first kappa shape index (κ1) is 12.0. The van der Waals surface area contributed by atoms with Crippen LogP contribution in [0.1, 0.15) is 19.3 Å². The Morgan fingerprint density at radius 3 is 3.17 bits per heavy atom. The summed E-state index contributed by atoms with van der Waals surface area (Å²) in [6.45, 7) is 4.54. The standard InChI is InChI=1S/C13H21N3O2/c1-2-13(18-4-1)9-16-8-12(7-15-16)14-6-11-3-5-17-10-11/h7-8,11,13-14H,1-6,9-10H2. The van der Waals surface area contributed by atoms with Crippen LogP contribution in [0.4, 0.5) is 5.69 Å². The Bertz CT molecular complexity index is 368. The fourth-order valence-electron chi connectivity index (χ4n) is 2.56. The average molecular weight is 251 g/mol. The first-order valence-electron chi connectivity index (χ1n) is 6.86. The third-order valence-electron chi connectivity index (χ3n) is 3.67. The molecule has 0 bridgehead atoms. The van der Waals surface area contributed by atoms with Crippen LogP contribution in [0.3, 0.4) is 0 Å². The van der Waals surface area contributed by atoms with Gasteiger partial charge < -0.3 is 14.8 Å². The normalized spacial score (nSPS) is 27.8. The molecule has 18 heavy (non-hydrogen) atoms. The molecule has 2 aliphatic rings. The van der Waals surface area contributed by atoms with Crippen LogP contribution in [0.5, 0.6) is 0 Å². The summed E-state index contributed by atoms with van der Waals surface area (Å²) in [5, 5.41) is 7.80. The van der Waals surface area contributed by atoms with Gasteiger partial charge in [-0.15, -0.1) is 0 Å². The molecule has 5 nitrogen and oxygen atoms in total. The minimum absolute atomic E-state index is 0.348. The Hall–Kier alpha value is -1.07. The first-order chi connectivity index (χ1) is 8.90. The molecule has 100 valence electrons. The SMILES string of the molecule is c1nn(CC2CCCO2)cc1NCC1CCOC1. The summed E-state index contributed by atoms with van der Waals surface area (Å²) >= 11 is 0. The van der Waals surface area contributed by atoms with E-state index in [9.17, 15) is 0 Å². The van der Waals surface area contributed by atoms with Gasteiger partial charge in [0.15, 0.2) is 0 Å². The summed E-state index contributed by atoms with van der Waals surface area (Å²) in [6.07, 6.45) is 7.81. The maximum absolute atomic E-state index is 5.61. The Balaban J connectivity index is 1.46. The highest BCUT2D eigenvalue weighted by atomic mass is 16.5. The van der Waals surface area contributed by atoms with Crippen LogP contribution in [0.2, 0.25) is 0 Å². The van der Waals surface area contributed by atoms with Crippen molar-refractivity contribution in [1.82, 2.24) is 9.78 Å². The van der Waals surface area contributed by atoms with Crippen LogP contribution in [0.25, 0.3) is 0 Å². The number of anilines is 1. The molecule has 2 unspecified atom stereocenters. The molecule has 1 aromatic rings. The van der Waals surface area contributed by atoms with Crippen molar-refractivity contribution in [2.75, 3.05) is 31.7 Å². The highest BCUT2D eigenvalue weighted by Crippen LogP contribution is 2.16. The molecule has 0 spiro atoms. The molecule has 2 saturated heterocycles. The van der Waals surface area contributed by atoms with Crippen molar-refractivity contribution in [3.8, 4) is 0 Å². The number of ether oxygens (including phenoxy) is 2. The molecule has 0 aliphatic carbocycles. The molecule has 3 rings (SSSR count). The van der Waals surface area contributed by atoms with Gasteiger partial charge in [0.1, 0.15) is 0 Å². The maximum Gasteiger partial charge on any atom is 0.0771 e. The van der Waals surface area contributed by atoms with Gasteiger partial charge in [-0.25, -0.2) is 0 Å². The van der Waals surface area contributed by atoms with Gasteiger partial charge in [-0.05, 0) is 19.3 Å². The quantitative estimate of drug-likeness (QED) is 0.861. The lowest BCUT2D eigenvalue weighted by atomic mass is 10.1. The van der Waals surface area contributed by atoms with Crippen molar-refractivity contribution >= 4 is 5.69 Å². The summed E-state index contributed by atoms with van der Waals surface area (Å²) in [7, 11) is 0. The predicted octanol–water partition coefficient (Wildman–Crippen LogP) is 1.51. The molecule has 1 aromatic heterocycles. The molecular weight excluding hydrogens is 230 g/mol. The molecule has 3 heterocycles. The van der Waals surface area contributed by atoms with Crippen molar-refractivity contribution in [3.63, 3.8) is 0 Å². The second-order valence-corrected chi connectivity index (χ2v) is 5.20. The highest BCUT2D eigenvalue weighted by molar-refractivity contribution is 5.38. The van der Waals surface area contributed by atoms with Gasteiger partial charge in [-0.2, -0.15) is 5.10 Å². The van der Waals surface area contributed by atoms with E-state index in [0.29, 0.717) is 12.0 Å². The second-order valence-electron chi connectivity index (χ2n) is 5.20. The second kappa shape index (κ2) is 5.71. The molecule has 5 heteroatoms. The Morgan fingerprint density at radius 2 is 2.39 bits per heavy atom. The summed E-state index contributed by atoms with van der Waals surface area (Å²) in [5.74, 6) is 0.645. The van der Waals surface area contributed by atoms with Gasteiger partial charge in [0.25, 0.3) is 0 Å². The van der Waals surface area contributed by atoms with Crippen LogP contribution in [0.15, 0.2) is 12.4 Å². The summed E-state index contributed by atoms with van der Waals surface area (Å²) in [6, 6.07) is 0. The van der Waals surface area contributed by atoms with E-state index >= 15 is 0 Å². The van der Waals surface area contributed by atoms with Crippen LogP contribution < -0.4 is 5.32 Å². The van der Waals surface area contributed by atoms with E-state index in [4.69, 9.17) is 9.47 Å². The number of nitrogens with one attached hydrogen (secondary N) is 1. The number of hydrogen-bond donors (Lipinski definition) is 1. The van der Waals surface area contributed by atoms with Gasteiger partial charge in [0.05, 0.1) is 31.1 Å². The zero-order valence-electron chi connectivity index (χ0n) is 10.7. The molecule has 0 amide bonds. The van der Waals surface area contributed by atoms with E-state index in [1.54, 1.807) is 0 Å². The molecule has 0 aromatic carbocycles. The van der Waals surface area contributed by atoms with E-state index in [1.807, 2.05) is 10.9 Å². The summed E-state index contributed by atoms with van der Waals surface area (Å²) in [5.41, 5.74) is 1.10. The van der Waals surface area contributed by atoms with Gasteiger partial charge in [-0.3, -0.25) is 4.68 Å². The third kappa shape index (κ3) is 3.03.